The lowest BCUT2D eigenvalue weighted by Crippen LogP contribution is -2.02. The van der Waals surface area contributed by atoms with Crippen molar-refractivity contribution in [3.8, 4) is 5.69 Å². The van der Waals surface area contributed by atoms with Crippen LogP contribution in [0, 0.1) is 17.4 Å². The zero-order valence-corrected chi connectivity index (χ0v) is 11.7. The molecular weight excluding hydrogens is 329 g/mol. The summed E-state index contributed by atoms with van der Waals surface area (Å²) < 4.78 is 3.12. The number of hydrogen-bond acceptors (Lipinski definition) is 1. The highest BCUT2D eigenvalue weighted by atomic mass is 127. The SMILES string of the molecule is Cc1cc(C(=O)O)c(C)n1-c1ccc(I)cc1. The molecule has 0 bridgehead atoms. The Bertz CT molecular complexity index is 570. The fourth-order valence-electron chi connectivity index (χ4n) is 1.97. The quantitative estimate of drug-likeness (QED) is 0.851. The maximum absolute atomic E-state index is 11.1. The van der Waals surface area contributed by atoms with Gasteiger partial charge < -0.3 is 9.67 Å². The van der Waals surface area contributed by atoms with Crippen LogP contribution < -0.4 is 0 Å². The fourth-order valence-corrected chi connectivity index (χ4v) is 2.33. The van der Waals surface area contributed by atoms with Gasteiger partial charge in [0.25, 0.3) is 0 Å². The summed E-state index contributed by atoms with van der Waals surface area (Å²) in [5.74, 6) is -0.880. The van der Waals surface area contributed by atoms with Crippen LogP contribution in [0.15, 0.2) is 30.3 Å². The predicted octanol–water partition coefficient (Wildman–Crippen LogP) is 3.40. The van der Waals surface area contributed by atoms with Crippen LogP contribution in [0.1, 0.15) is 21.7 Å². The molecule has 0 saturated carbocycles. The van der Waals surface area contributed by atoms with Crippen LogP contribution in [0.3, 0.4) is 0 Å². The van der Waals surface area contributed by atoms with Gasteiger partial charge in [-0.25, -0.2) is 4.79 Å². The van der Waals surface area contributed by atoms with Gasteiger partial charge in [-0.2, -0.15) is 0 Å². The number of benzene rings is 1. The van der Waals surface area contributed by atoms with E-state index in [1.807, 2.05) is 42.7 Å². The molecule has 0 fully saturated rings. The van der Waals surface area contributed by atoms with Crippen molar-refractivity contribution >= 4 is 28.6 Å². The van der Waals surface area contributed by atoms with E-state index in [2.05, 4.69) is 22.6 Å². The van der Waals surface area contributed by atoms with E-state index in [1.54, 1.807) is 6.07 Å². The molecule has 0 atom stereocenters. The van der Waals surface area contributed by atoms with E-state index < -0.39 is 5.97 Å². The minimum atomic E-state index is -0.880. The average molecular weight is 341 g/mol. The van der Waals surface area contributed by atoms with Crippen LogP contribution in [0.25, 0.3) is 5.69 Å². The second-order valence-corrected chi connectivity index (χ2v) is 5.15. The largest absolute Gasteiger partial charge is 0.478 e. The number of aromatic nitrogens is 1. The molecule has 0 spiro atoms. The molecule has 3 nitrogen and oxygen atoms in total. The van der Waals surface area contributed by atoms with Gasteiger partial charge in [0.15, 0.2) is 0 Å². The first-order valence-electron chi connectivity index (χ1n) is 5.19. The zero-order valence-electron chi connectivity index (χ0n) is 9.57. The Labute approximate surface area is 113 Å². The number of hydrogen-bond donors (Lipinski definition) is 1. The maximum Gasteiger partial charge on any atom is 0.337 e. The minimum Gasteiger partial charge on any atom is -0.478 e. The van der Waals surface area contributed by atoms with E-state index in [9.17, 15) is 4.79 Å². The molecule has 0 aliphatic heterocycles. The molecule has 2 aromatic rings. The van der Waals surface area contributed by atoms with Gasteiger partial charge in [-0.05, 0) is 66.8 Å². The smallest absolute Gasteiger partial charge is 0.337 e. The van der Waals surface area contributed by atoms with Gasteiger partial charge in [-0.15, -0.1) is 0 Å². The summed E-state index contributed by atoms with van der Waals surface area (Å²) in [6.45, 7) is 3.74. The van der Waals surface area contributed by atoms with Gasteiger partial charge in [0.2, 0.25) is 0 Å². The second-order valence-electron chi connectivity index (χ2n) is 3.90. The molecule has 4 heteroatoms. The first-order chi connectivity index (χ1) is 8.00. The Morgan fingerprint density at radius 2 is 1.82 bits per heavy atom. The topological polar surface area (TPSA) is 42.2 Å². The number of carboxylic acid groups (broad SMARTS) is 1. The van der Waals surface area contributed by atoms with Crippen molar-refractivity contribution in [1.29, 1.82) is 0 Å². The van der Waals surface area contributed by atoms with Crippen molar-refractivity contribution in [2.24, 2.45) is 0 Å². The lowest BCUT2D eigenvalue weighted by Gasteiger charge is -2.09. The predicted molar refractivity (Wildman–Crippen MR) is 74.9 cm³/mol. The highest BCUT2D eigenvalue weighted by Gasteiger charge is 2.15. The maximum atomic E-state index is 11.1. The van der Waals surface area contributed by atoms with Crippen molar-refractivity contribution < 1.29 is 9.90 Å². The van der Waals surface area contributed by atoms with Crippen molar-refractivity contribution in [3.05, 3.63) is 50.9 Å². The van der Waals surface area contributed by atoms with Gasteiger partial charge >= 0.3 is 5.97 Å². The van der Waals surface area contributed by atoms with Crippen molar-refractivity contribution in [2.75, 3.05) is 0 Å². The summed E-state index contributed by atoms with van der Waals surface area (Å²) in [4.78, 5) is 11.1. The lowest BCUT2D eigenvalue weighted by molar-refractivity contribution is 0.0696. The van der Waals surface area contributed by atoms with Crippen LogP contribution in [-0.2, 0) is 0 Å². The molecule has 0 radical (unpaired) electrons. The van der Waals surface area contributed by atoms with E-state index in [0.29, 0.717) is 5.56 Å². The van der Waals surface area contributed by atoms with Crippen LogP contribution in [0.5, 0.6) is 0 Å². The number of rotatable bonds is 2. The molecule has 1 heterocycles. The number of carboxylic acids is 1. The third kappa shape index (κ3) is 2.22. The number of nitrogens with zero attached hydrogens (tertiary/aromatic N) is 1. The van der Waals surface area contributed by atoms with Crippen LogP contribution in [0.2, 0.25) is 0 Å². The van der Waals surface area contributed by atoms with Gasteiger partial charge in [0, 0.05) is 20.6 Å². The van der Waals surface area contributed by atoms with Crippen LogP contribution >= 0.6 is 22.6 Å². The van der Waals surface area contributed by atoms with Crippen molar-refractivity contribution in [3.63, 3.8) is 0 Å². The van der Waals surface area contributed by atoms with Gasteiger partial charge in [-0.1, -0.05) is 0 Å². The molecule has 0 saturated heterocycles. The summed E-state index contributed by atoms with van der Waals surface area (Å²) >= 11 is 2.25. The Morgan fingerprint density at radius 3 is 2.29 bits per heavy atom. The molecule has 0 aliphatic carbocycles. The van der Waals surface area contributed by atoms with Gasteiger partial charge in [0.1, 0.15) is 0 Å². The average Bonchev–Trinajstić information content (AvgIpc) is 2.56. The monoisotopic (exact) mass is 341 g/mol. The van der Waals surface area contributed by atoms with E-state index in [0.717, 1.165) is 20.6 Å². The number of aryl methyl sites for hydroxylation is 1. The summed E-state index contributed by atoms with van der Waals surface area (Å²) in [5.41, 5.74) is 3.05. The Morgan fingerprint density at radius 1 is 1.24 bits per heavy atom. The molecule has 17 heavy (non-hydrogen) atoms. The summed E-state index contributed by atoms with van der Waals surface area (Å²) in [6.07, 6.45) is 0. The number of carbonyl (C=O) groups is 1. The van der Waals surface area contributed by atoms with E-state index in [1.165, 1.54) is 0 Å². The Balaban J connectivity index is 2.59. The number of halogens is 1. The van der Waals surface area contributed by atoms with Crippen molar-refractivity contribution in [2.45, 2.75) is 13.8 Å². The lowest BCUT2D eigenvalue weighted by atomic mass is 10.2. The normalized spacial score (nSPS) is 10.5. The molecule has 1 aromatic carbocycles. The minimum absolute atomic E-state index is 0.362. The highest BCUT2D eigenvalue weighted by molar-refractivity contribution is 14.1. The standard InChI is InChI=1S/C13H12INO2/c1-8-7-12(13(16)17)9(2)15(8)11-5-3-10(14)4-6-11/h3-7H,1-2H3,(H,16,17). The second kappa shape index (κ2) is 4.52. The summed E-state index contributed by atoms with van der Waals surface area (Å²) in [7, 11) is 0. The molecule has 0 amide bonds. The molecule has 1 aromatic heterocycles. The van der Waals surface area contributed by atoms with Gasteiger partial charge in [0.05, 0.1) is 5.56 Å². The third-order valence-electron chi connectivity index (χ3n) is 2.75. The molecule has 2 rings (SSSR count). The third-order valence-corrected chi connectivity index (χ3v) is 3.47. The molecule has 0 aliphatic rings. The Kier molecular flexibility index (Phi) is 3.24. The molecule has 1 N–H and O–H groups in total. The molecule has 0 unspecified atom stereocenters. The van der Waals surface area contributed by atoms with E-state index in [-0.39, 0.29) is 0 Å². The molecule has 88 valence electrons. The van der Waals surface area contributed by atoms with Crippen LogP contribution in [0.4, 0.5) is 0 Å². The van der Waals surface area contributed by atoms with E-state index >= 15 is 0 Å². The van der Waals surface area contributed by atoms with Crippen LogP contribution in [-0.4, -0.2) is 15.6 Å². The van der Waals surface area contributed by atoms with E-state index in [4.69, 9.17) is 5.11 Å². The molecular formula is C13H12INO2. The summed E-state index contributed by atoms with van der Waals surface area (Å²) in [6, 6.07) is 9.71. The Hall–Kier alpha value is -1.30. The zero-order chi connectivity index (χ0) is 12.6. The number of aromatic carboxylic acids is 1. The van der Waals surface area contributed by atoms with Crippen molar-refractivity contribution in [1.82, 2.24) is 4.57 Å². The first-order valence-corrected chi connectivity index (χ1v) is 6.27. The fraction of sp³-hybridized carbons (Fsp3) is 0.154. The van der Waals surface area contributed by atoms with Gasteiger partial charge in [-0.3, -0.25) is 0 Å². The highest BCUT2D eigenvalue weighted by Crippen LogP contribution is 2.21. The summed E-state index contributed by atoms with van der Waals surface area (Å²) in [5, 5.41) is 9.08. The first kappa shape index (κ1) is 12.2.